The molecule has 0 N–H and O–H groups in total. The molecule has 3 fully saturated rings. The number of methoxy groups -OCH3 is 1. The number of ether oxygens (including phenoxy) is 1. The molecule has 0 bridgehead atoms. The summed E-state index contributed by atoms with van der Waals surface area (Å²) >= 11 is 0. The first kappa shape index (κ1) is 18.3. The Labute approximate surface area is 161 Å². The summed E-state index contributed by atoms with van der Waals surface area (Å²) in [6.07, 6.45) is 6.26. The van der Waals surface area contributed by atoms with Gasteiger partial charge in [0.25, 0.3) is 0 Å². The van der Waals surface area contributed by atoms with E-state index >= 15 is 0 Å². The zero-order valence-electron chi connectivity index (χ0n) is 16.4. The number of nitrogens with zero attached hydrogens (tertiary/aromatic N) is 2. The van der Waals surface area contributed by atoms with Crippen LogP contribution in [0.4, 0.5) is 5.69 Å². The van der Waals surface area contributed by atoms with Crippen molar-refractivity contribution in [3.05, 3.63) is 24.3 Å². The molecule has 2 saturated heterocycles. The van der Waals surface area contributed by atoms with Crippen LogP contribution in [0.15, 0.2) is 24.3 Å². The summed E-state index contributed by atoms with van der Waals surface area (Å²) in [4.78, 5) is 29.8. The summed E-state index contributed by atoms with van der Waals surface area (Å²) in [6, 6.07) is 7.89. The van der Waals surface area contributed by atoms with Gasteiger partial charge in [0.2, 0.25) is 11.8 Å². The fraction of sp³-hybridized carbons (Fsp3) is 0.636. The van der Waals surface area contributed by atoms with Crippen molar-refractivity contribution in [2.24, 2.45) is 17.8 Å². The molecule has 1 aliphatic carbocycles. The van der Waals surface area contributed by atoms with Crippen molar-refractivity contribution in [3.63, 3.8) is 0 Å². The second-order valence-corrected chi connectivity index (χ2v) is 8.52. The number of carbonyl (C=O) groups excluding carboxylic acids is 2. The van der Waals surface area contributed by atoms with Crippen molar-refractivity contribution in [3.8, 4) is 5.75 Å². The number of benzene rings is 1. The average Bonchev–Trinajstić information content (AvgIpc) is 3.08. The van der Waals surface area contributed by atoms with Crippen molar-refractivity contribution in [2.45, 2.75) is 51.5 Å². The summed E-state index contributed by atoms with van der Waals surface area (Å²) in [5.41, 5.74) is 0.846. The minimum Gasteiger partial charge on any atom is -0.497 e. The van der Waals surface area contributed by atoms with E-state index in [0.29, 0.717) is 24.9 Å². The second-order valence-electron chi connectivity index (χ2n) is 8.52. The fourth-order valence-corrected chi connectivity index (χ4v) is 5.29. The van der Waals surface area contributed by atoms with E-state index in [1.807, 2.05) is 24.3 Å². The smallest absolute Gasteiger partial charge is 0.228 e. The Kier molecular flexibility index (Phi) is 5.11. The molecule has 4 unspecified atom stereocenters. The molecule has 5 heteroatoms. The van der Waals surface area contributed by atoms with E-state index in [1.54, 1.807) is 12.0 Å². The van der Waals surface area contributed by atoms with Crippen LogP contribution in [0, 0.1) is 17.8 Å². The van der Waals surface area contributed by atoms with Crippen LogP contribution in [-0.4, -0.2) is 43.0 Å². The minimum absolute atomic E-state index is 0.0457. The van der Waals surface area contributed by atoms with Crippen LogP contribution in [0.2, 0.25) is 0 Å². The number of likely N-dealkylation sites (tertiary alicyclic amines) is 1. The van der Waals surface area contributed by atoms with E-state index in [9.17, 15) is 9.59 Å². The average molecular weight is 370 g/mol. The maximum absolute atomic E-state index is 13.3. The Balaban J connectivity index is 1.45. The summed E-state index contributed by atoms with van der Waals surface area (Å²) in [7, 11) is 1.63. The van der Waals surface area contributed by atoms with Crippen LogP contribution < -0.4 is 9.64 Å². The second kappa shape index (κ2) is 7.53. The Morgan fingerprint density at radius 2 is 1.93 bits per heavy atom. The standard InChI is InChI=1S/C22H30N2O3/c1-15-5-10-20-16(12-15)4-3-11-23(20)22(26)17-13-21(25)24(14-17)18-6-8-19(27-2)9-7-18/h6-9,15-17,20H,3-5,10-14H2,1-2H3. The first-order valence-electron chi connectivity index (χ1n) is 10.3. The van der Waals surface area contributed by atoms with Crippen LogP contribution in [-0.2, 0) is 9.59 Å². The van der Waals surface area contributed by atoms with E-state index in [0.717, 1.165) is 36.7 Å². The lowest BCUT2D eigenvalue weighted by molar-refractivity contribution is -0.142. The highest BCUT2D eigenvalue weighted by atomic mass is 16.5. The zero-order chi connectivity index (χ0) is 19.0. The zero-order valence-corrected chi connectivity index (χ0v) is 16.4. The van der Waals surface area contributed by atoms with Gasteiger partial charge in [0.1, 0.15) is 5.75 Å². The van der Waals surface area contributed by atoms with Crippen LogP contribution in [0.1, 0.15) is 45.4 Å². The highest BCUT2D eigenvalue weighted by Gasteiger charge is 2.43. The van der Waals surface area contributed by atoms with Gasteiger partial charge in [0, 0.05) is 31.2 Å². The van der Waals surface area contributed by atoms with E-state index in [4.69, 9.17) is 4.74 Å². The summed E-state index contributed by atoms with van der Waals surface area (Å²) in [6.45, 7) is 3.69. The Morgan fingerprint density at radius 1 is 1.15 bits per heavy atom. The van der Waals surface area contributed by atoms with Crippen molar-refractivity contribution in [1.29, 1.82) is 0 Å². The predicted molar refractivity (Wildman–Crippen MR) is 105 cm³/mol. The Hall–Kier alpha value is -2.04. The number of carbonyl (C=O) groups is 2. The van der Waals surface area contributed by atoms with Crippen molar-refractivity contribution in [2.75, 3.05) is 25.1 Å². The molecule has 3 aliphatic rings. The van der Waals surface area contributed by atoms with Crippen LogP contribution in [0.3, 0.4) is 0 Å². The normalized spacial score (nSPS) is 31.0. The van der Waals surface area contributed by atoms with Gasteiger partial charge in [-0.3, -0.25) is 9.59 Å². The van der Waals surface area contributed by atoms with E-state index < -0.39 is 0 Å². The molecule has 0 radical (unpaired) electrons. The number of rotatable bonds is 3. The SMILES string of the molecule is COc1ccc(N2CC(C(=O)N3CCCC4CC(C)CCC43)CC2=O)cc1. The summed E-state index contributed by atoms with van der Waals surface area (Å²) in [5.74, 6) is 2.23. The van der Waals surface area contributed by atoms with Gasteiger partial charge < -0.3 is 14.5 Å². The Morgan fingerprint density at radius 3 is 2.67 bits per heavy atom. The van der Waals surface area contributed by atoms with Crippen molar-refractivity contribution < 1.29 is 14.3 Å². The van der Waals surface area contributed by atoms with Crippen LogP contribution in [0.25, 0.3) is 0 Å². The van der Waals surface area contributed by atoms with E-state index in [2.05, 4.69) is 11.8 Å². The molecule has 27 heavy (non-hydrogen) atoms. The lowest BCUT2D eigenvalue weighted by Crippen LogP contribution is -2.52. The highest BCUT2D eigenvalue weighted by molar-refractivity contribution is 6.00. The van der Waals surface area contributed by atoms with Crippen LogP contribution in [0.5, 0.6) is 5.75 Å². The number of hydrogen-bond donors (Lipinski definition) is 0. The molecule has 0 spiro atoms. The molecule has 5 nitrogen and oxygen atoms in total. The molecule has 1 aromatic carbocycles. The number of amides is 2. The first-order chi connectivity index (χ1) is 13.1. The van der Waals surface area contributed by atoms with Crippen molar-refractivity contribution in [1.82, 2.24) is 4.90 Å². The van der Waals surface area contributed by atoms with Crippen LogP contribution >= 0.6 is 0 Å². The van der Waals surface area contributed by atoms with Gasteiger partial charge in [-0.2, -0.15) is 0 Å². The van der Waals surface area contributed by atoms with Gasteiger partial charge in [0.05, 0.1) is 13.0 Å². The lowest BCUT2D eigenvalue weighted by atomic mass is 9.74. The van der Waals surface area contributed by atoms with Gasteiger partial charge in [-0.05, 0) is 68.2 Å². The third-order valence-corrected chi connectivity index (χ3v) is 6.72. The molecule has 2 aliphatic heterocycles. The fourth-order valence-electron chi connectivity index (χ4n) is 5.29. The largest absolute Gasteiger partial charge is 0.497 e. The van der Waals surface area contributed by atoms with E-state index in [-0.39, 0.29) is 17.7 Å². The number of piperidine rings is 1. The molecule has 4 rings (SSSR count). The lowest BCUT2D eigenvalue weighted by Gasteiger charge is -2.46. The van der Waals surface area contributed by atoms with Gasteiger partial charge in [-0.15, -0.1) is 0 Å². The summed E-state index contributed by atoms with van der Waals surface area (Å²) in [5, 5.41) is 0. The third-order valence-electron chi connectivity index (χ3n) is 6.72. The highest BCUT2D eigenvalue weighted by Crippen LogP contribution is 2.39. The Bertz CT molecular complexity index is 702. The molecule has 146 valence electrons. The van der Waals surface area contributed by atoms with Gasteiger partial charge in [-0.1, -0.05) is 6.92 Å². The molecule has 2 heterocycles. The quantitative estimate of drug-likeness (QED) is 0.819. The molecular formula is C22H30N2O3. The maximum atomic E-state index is 13.3. The molecule has 0 aromatic heterocycles. The monoisotopic (exact) mass is 370 g/mol. The van der Waals surface area contributed by atoms with E-state index in [1.165, 1.54) is 19.3 Å². The number of fused-ring (bicyclic) bond motifs is 1. The topological polar surface area (TPSA) is 49.9 Å². The summed E-state index contributed by atoms with van der Waals surface area (Å²) < 4.78 is 5.19. The van der Waals surface area contributed by atoms with Crippen molar-refractivity contribution >= 4 is 17.5 Å². The predicted octanol–water partition coefficient (Wildman–Crippen LogP) is 3.48. The number of hydrogen-bond acceptors (Lipinski definition) is 3. The molecule has 1 saturated carbocycles. The minimum atomic E-state index is -0.210. The van der Waals surface area contributed by atoms with Gasteiger partial charge >= 0.3 is 0 Å². The van der Waals surface area contributed by atoms with Gasteiger partial charge in [-0.25, -0.2) is 0 Å². The maximum Gasteiger partial charge on any atom is 0.228 e. The molecule has 4 atom stereocenters. The number of anilines is 1. The first-order valence-corrected chi connectivity index (χ1v) is 10.3. The van der Waals surface area contributed by atoms with Gasteiger partial charge in [0.15, 0.2) is 0 Å². The molecule has 2 amide bonds. The third kappa shape index (κ3) is 3.56. The molecular weight excluding hydrogens is 340 g/mol. The molecule has 1 aromatic rings.